The monoisotopic (exact) mass is 400 g/mol. The summed E-state index contributed by atoms with van der Waals surface area (Å²) in [5, 5.41) is 2.62. The smallest absolute Gasteiger partial charge is 0.265 e. The van der Waals surface area contributed by atoms with E-state index in [9.17, 15) is 4.79 Å². The average molecular weight is 402 g/mol. The van der Waals surface area contributed by atoms with Crippen molar-refractivity contribution in [2.75, 3.05) is 27.2 Å². The summed E-state index contributed by atoms with van der Waals surface area (Å²) in [7, 11) is 4.01. The highest BCUT2D eigenvalue weighted by Gasteiger charge is 2.19. The fourth-order valence-corrected chi connectivity index (χ4v) is 3.61. The summed E-state index contributed by atoms with van der Waals surface area (Å²) in [5.74, 6) is 0.0543. The van der Waals surface area contributed by atoms with Gasteiger partial charge in [0.2, 0.25) is 0 Å². The van der Waals surface area contributed by atoms with Crippen molar-refractivity contribution in [2.24, 2.45) is 0 Å². The molecule has 0 saturated carbocycles. The Morgan fingerprint density at radius 2 is 1.86 bits per heavy atom. The van der Waals surface area contributed by atoms with E-state index >= 15 is 0 Å². The molecule has 0 aliphatic carbocycles. The maximum absolute atomic E-state index is 12.8. The Kier molecular flexibility index (Phi) is 6.44. The quantitative estimate of drug-likeness (QED) is 0.717. The normalized spacial score (nSPS) is 11.0. The lowest BCUT2D eigenvalue weighted by molar-refractivity contribution is 0.0736. The van der Waals surface area contributed by atoms with Crippen LogP contribution >= 0.6 is 38.9 Å². The highest BCUT2D eigenvalue weighted by atomic mass is 79.9. The number of benzene rings is 1. The molecular formula is C16H18BrClN2OS. The number of hydrogen-bond donors (Lipinski definition) is 0. The lowest BCUT2D eigenvalue weighted by Crippen LogP contribution is -2.36. The van der Waals surface area contributed by atoms with Crippen molar-refractivity contribution < 1.29 is 4.79 Å². The molecule has 0 saturated heterocycles. The molecule has 22 heavy (non-hydrogen) atoms. The van der Waals surface area contributed by atoms with E-state index in [1.54, 1.807) is 0 Å². The fourth-order valence-electron chi connectivity index (χ4n) is 1.97. The van der Waals surface area contributed by atoms with Gasteiger partial charge in [-0.25, -0.2) is 0 Å². The number of rotatable bonds is 6. The van der Waals surface area contributed by atoms with Crippen LogP contribution in [0.3, 0.4) is 0 Å². The number of amides is 1. The molecule has 1 aromatic carbocycles. The van der Waals surface area contributed by atoms with Gasteiger partial charge < -0.3 is 9.80 Å². The van der Waals surface area contributed by atoms with Gasteiger partial charge in [0.25, 0.3) is 5.91 Å². The summed E-state index contributed by atoms with van der Waals surface area (Å²) in [4.78, 5) is 17.5. The molecule has 0 aliphatic heterocycles. The van der Waals surface area contributed by atoms with Gasteiger partial charge in [-0.15, -0.1) is 11.3 Å². The zero-order valence-electron chi connectivity index (χ0n) is 12.6. The van der Waals surface area contributed by atoms with Crippen molar-refractivity contribution in [2.45, 2.75) is 6.54 Å². The van der Waals surface area contributed by atoms with Crippen LogP contribution in [0, 0.1) is 0 Å². The first-order valence-corrected chi connectivity index (χ1v) is 8.94. The SMILES string of the molecule is CN(C)CCN(Cc1ccc(Cl)cc1)C(=O)c1sccc1Br. The van der Waals surface area contributed by atoms with Crippen molar-refractivity contribution in [1.82, 2.24) is 9.80 Å². The Hall–Kier alpha value is -0.880. The van der Waals surface area contributed by atoms with Crippen LogP contribution in [0.25, 0.3) is 0 Å². The van der Waals surface area contributed by atoms with E-state index in [2.05, 4.69) is 20.8 Å². The predicted molar refractivity (Wildman–Crippen MR) is 96.8 cm³/mol. The van der Waals surface area contributed by atoms with Gasteiger partial charge in [0, 0.05) is 29.1 Å². The van der Waals surface area contributed by atoms with Gasteiger partial charge in [-0.2, -0.15) is 0 Å². The molecule has 0 radical (unpaired) electrons. The maximum atomic E-state index is 12.8. The second kappa shape index (κ2) is 8.11. The molecule has 0 fully saturated rings. The van der Waals surface area contributed by atoms with E-state index in [1.165, 1.54) is 11.3 Å². The van der Waals surface area contributed by atoms with Crippen LogP contribution in [0.2, 0.25) is 5.02 Å². The molecule has 0 aliphatic rings. The van der Waals surface area contributed by atoms with Crippen LogP contribution in [0.15, 0.2) is 40.2 Å². The lowest BCUT2D eigenvalue weighted by Gasteiger charge is -2.24. The molecule has 0 bridgehead atoms. The first-order chi connectivity index (χ1) is 10.5. The van der Waals surface area contributed by atoms with Crippen molar-refractivity contribution in [3.8, 4) is 0 Å². The lowest BCUT2D eigenvalue weighted by atomic mass is 10.2. The van der Waals surface area contributed by atoms with E-state index in [4.69, 9.17) is 11.6 Å². The second-order valence-electron chi connectivity index (χ2n) is 5.25. The third kappa shape index (κ3) is 4.81. The predicted octanol–water partition coefficient (Wildman–Crippen LogP) is 4.37. The van der Waals surface area contributed by atoms with E-state index in [1.807, 2.05) is 54.7 Å². The zero-order chi connectivity index (χ0) is 16.1. The standard InChI is InChI=1S/C16H18BrClN2OS/c1-19(2)8-9-20(11-12-3-5-13(18)6-4-12)16(21)15-14(17)7-10-22-15/h3-7,10H,8-9,11H2,1-2H3. The number of likely N-dealkylation sites (N-methyl/N-ethyl adjacent to an activating group) is 1. The third-order valence-electron chi connectivity index (χ3n) is 3.20. The minimum Gasteiger partial charge on any atom is -0.332 e. The molecule has 6 heteroatoms. The van der Waals surface area contributed by atoms with Gasteiger partial charge in [-0.1, -0.05) is 23.7 Å². The zero-order valence-corrected chi connectivity index (χ0v) is 15.7. The number of carbonyl (C=O) groups excluding carboxylic acids is 1. The molecule has 0 N–H and O–H groups in total. The van der Waals surface area contributed by atoms with Crippen LogP contribution in [0.4, 0.5) is 0 Å². The van der Waals surface area contributed by atoms with Crippen LogP contribution in [-0.2, 0) is 6.54 Å². The molecule has 0 atom stereocenters. The molecule has 3 nitrogen and oxygen atoms in total. The highest BCUT2D eigenvalue weighted by Crippen LogP contribution is 2.25. The minimum absolute atomic E-state index is 0.0543. The number of thiophene rings is 1. The molecule has 2 aromatic rings. The van der Waals surface area contributed by atoms with Crippen molar-refractivity contribution >= 4 is 44.8 Å². The first-order valence-electron chi connectivity index (χ1n) is 6.89. The number of nitrogens with zero attached hydrogens (tertiary/aromatic N) is 2. The molecule has 0 unspecified atom stereocenters. The number of halogens is 2. The molecular weight excluding hydrogens is 384 g/mol. The third-order valence-corrected chi connectivity index (χ3v) is 5.28. The molecule has 1 aromatic heterocycles. The summed E-state index contributed by atoms with van der Waals surface area (Å²) < 4.78 is 0.855. The van der Waals surface area contributed by atoms with Gasteiger partial charge in [0.1, 0.15) is 4.88 Å². The molecule has 118 valence electrons. The summed E-state index contributed by atoms with van der Waals surface area (Å²) in [6, 6.07) is 9.53. The van der Waals surface area contributed by atoms with Crippen LogP contribution < -0.4 is 0 Å². The summed E-state index contributed by atoms with van der Waals surface area (Å²) in [6.45, 7) is 2.08. The number of hydrogen-bond acceptors (Lipinski definition) is 3. The Balaban J connectivity index is 2.16. The first kappa shape index (κ1) is 17.5. The molecule has 2 rings (SSSR count). The summed E-state index contributed by atoms with van der Waals surface area (Å²) >= 11 is 10.8. The van der Waals surface area contributed by atoms with Crippen LogP contribution in [0.1, 0.15) is 15.2 Å². The Labute approximate surface area is 148 Å². The largest absolute Gasteiger partial charge is 0.332 e. The Bertz CT molecular complexity index is 627. The number of carbonyl (C=O) groups is 1. The Morgan fingerprint density at radius 1 is 1.18 bits per heavy atom. The van der Waals surface area contributed by atoms with Gasteiger partial charge in [-0.05, 0) is 59.2 Å². The fraction of sp³-hybridized carbons (Fsp3) is 0.312. The van der Waals surface area contributed by atoms with Crippen molar-refractivity contribution in [1.29, 1.82) is 0 Å². The molecule has 0 spiro atoms. The van der Waals surface area contributed by atoms with E-state index in [0.717, 1.165) is 21.5 Å². The van der Waals surface area contributed by atoms with Gasteiger partial charge >= 0.3 is 0 Å². The Morgan fingerprint density at radius 3 is 2.41 bits per heavy atom. The molecule has 1 amide bonds. The molecule has 1 heterocycles. The maximum Gasteiger partial charge on any atom is 0.265 e. The highest BCUT2D eigenvalue weighted by molar-refractivity contribution is 9.10. The topological polar surface area (TPSA) is 23.6 Å². The minimum atomic E-state index is 0.0543. The summed E-state index contributed by atoms with van der Waals surface area (Å²) in [5.41, 5.74) is 1.07. The van der Waals surface area contributed by atoms with Gasteiger partial charge in [0.15, 0.2) is 0 Å². The van der Waals surface area contributed by atoms with Crippen LogP contribution in [-0.4, -0.2) is 42.9 Å². The van der Waals surface area contributed by atoms with E-state index in [-0.39, 0.29) is 5.91 Å². The van der Waals surface area contributed by atoms with Crippen molar-refractivity contribution in [3.05, 3.63) is 55.6 Å². The van der Waals surface area contributed by atoms with Crippen molar-refractivity contribution in [3.63, 3.8) is 0 Å². The second-order valence-corrected chi connectivity index (χ2v) is 7.46. The van der Waals surface area contributed by atoms with E-state index in [0.29, 0.717) is 18.1 Å². The van der Waals surface area contributed by atoms with Crippen LogP contribution in [0.5, 0.6) is 0 Å². The van der Waals surface area contributed by atoms with Gasteiger partial charge in [-0.3, -0.25) is 4.79 Å². The van der Waals surface area contributed by atoms with E-state index < -0.39 is 0 Å². The summed E-state index contributed by atoms with van der Waals surface area (Å²) in [6.07, 6.45) is 0. The average Bonchev–Trinajstić information content (AvgIpc) is 2.90. The van der Waals surface area contributed by atoms with Gasteiger partial charge in [0.05, 0.1) is 0 Å².